The number of rotatable bonds is 3. The molecule has 2 heterocycles. The zero-order valence-electron chi connectivity index (χ0n) is 9.19. The Balaban J connectivity index is 2.17. The number of aromatic nitrogens is 2. The zero-order valence-corrected chi connectivity index (χ0v) is 10.8. The predicted octanol–water partition coefficient (Wildman–Crippen LogP) is 3.55. The number of anilines is 1. The van der Waals surface area contributed by atoms with E-state index in [1.54, 1.807) is 12.4 Å². The summed E-state index contributed by atoms with van der Waals surface area (Å²) in [5.41, 5.74) is 1.66. The van der Waals surface area contributed by atoms with Gasteiger partial charge in [0, 0.05) is 12.4 Å². The number of halogens is 2. The van der Waals surface area contributed by atoms with Crippen molar-refractivity contribution >= 4 is 21.6 Å². The van der Waals surface area contributed by atoms with Gasteiger partial charge in [-0.15, -0.1) is 0 Å². The van der Waals surface area contributed by atoms with Gasteiger partial charge in [0.05, 0.1) is 17.9 Å². The number of hydrogen-bond acceptors (Lipinski definition) is 3. The molecule has 0 saturated heterocycles. The molecule has 88 valence electrons. The molecular weight excluding hydrogens is 285 g/mol. The minimum Gasteiger partial charge on any atom is -0.376 e. The molecule has 0 saturated carbocycles. The molecule has 2 rings (SSSR count). The van der Waals surface area contributed by atoms with Gasteiger partial charge in [-0.05, 0) is 46.6 Å². The van der Waals surface area contributed by atoms with Gasteiger partial charge in [0.1, 0.15) is 10.4 Å². The lowest BCUT2D eigenvalue weighted by molar-refractivity contribution is 0.616. The maximum Gasteiger partial charge on any atom is 0.141 e. The van der Waals surface area contributed by atoms with Crippen LogP contribution in [0.15, 0.2) is 41.4 Å². The van der Waals surface area contributed by atoms with Gasteiger partial charge in [-0.3, -0.25) is 4.98 Å². The molecule has 1 N–H and O–H groups in total. The fraction of sp³-hybridized carbons (Fsp3) is 0.167. The Morgan fingerprint density at radius 3 is 2.94 bits per heavy atom. The van der Waals surface area contributed by atoms with Crippen LogP contribution in [0, 0.1) is 5.82 Å². The Bertz CT molecular complexity index is 519. The Labute approximate surface area is 107 Å². The first-order chi connectivity index (χ1) is 8.16. The van der Waals surface area contributed by atoms with Crippen LogP contribution in [0.2, 0.25) is 0 Å². The van der Waals surface area contributed by atoms with Crippen molar-refractivity contribution in [2.24, 2.45) is 0 Å². The standard InChI is InChI=1S/C12H11BrFN3/c1-8(9-5-10(14)7-15-6-9)17-11-3-2-4-16-12(11)13/h2-8,17H,1H3. The Morgan fingerprint density at radius 2 is 2.24 bits per heavy atom. The van der Waals surface area contributed by atoms with Crippen molar-refractivity contribution in [3.8, 4) is 0 Å². The minimum absolute atomic E-state index is 0.0429. The summed E-state index contributed by atoms with van der Waals surface area (Å²) in [6.07, 6.45) is 4.53. The lowest BCUT2D eigenvalue weighted by Gasteiger charge is -2.15. The summed E-state index contributed by atoms with van der Waals surface area (Å²) in [6, 6.07) is 5.16. The van der Waals surface area contributed by atoms with Gasteiger partial charge in [0.2, 0.25) is 0 Å². The highest BCUT2D eigenvalue weighted by molar-refractivity contribution is 9.10. The lowest BCUT2D eigenvalue weighted by Crippen LogP contribution is -2.08. The molecule has 0 aliphatic heterocycles. The predicted molar refractivity (Wildman–Crippen MR) is 68.2 cm³/mol. The van der Waals surface area contributed by atoms with Crippen LogP contribution in [0.4, 0.5) is 10.1 Å². The molecule has 0 amide bonds. The van der Waals surface area contributed by atoms with Crippen molar-refractivity contribution in [1.29, 1.82) is 0 Å². The van der Waals surface area contributed by atoms with Crippen LogP contribution < -0.4 is 5.32 Å². The monoisotopic (exact) mass is 295 g/mol. The average Bonchev–Trinajstić information content (AvgIpc) is 2.32. The van der Waals surface area contributed by atoms with Gasteiger partial charge >= 0.3 is 0 Å². The summed E-state index contributed by atoms with van der Waals surface area (Å²) < 4.78 is 13.8. The van der Waals surface area contributed by atoms with Gasteiger partial charge < -0.3 is 5.32 Å². The smallest absolute Gasteiger partial charge is 0.141 e. The van der Waals surface area contributed by atoms with Crippen molar-refractivity contribution in [3.63, 3.8) is 0 Å². The van der Waals surface area contributed by atoms with Crippen LogP contribution in [-0.4, -0.2) is 9.97 Å². The van der Waals surface area contributed by atoms with Crippen LogP contribution in [-0.2, 0) is 0 Å². The largest absolute Gasteiger partial charge is 0.376 e. The molecule has 5 heteroatoms. The topological polar surface area (TPSA) is 37.8 Å². The van der Waals surface area contributed by atoms with Crippen LogP contribution in [0.25, 0.3) is 0 Å². The zero-order chi connectivity index (χ0) is 12.3. The number of nitrogens with one attached hydrogen (secondary N) is 1. The first-order valence-corrected chi connectivity index (χ1v) is 5.93. The normalized spacial score (nSPS) is 12.2. The molecule has 1 atom stereocenters. The molecule has 2 aromatic heterocycles. The first-order valence-electron chi connectivity index (χ1n) is 5.14. The summed E-state index contributed by atoms with van der Waals surface area (Å²) in [6.45, 7) is 1.94. The Morgan fingerprint density at radius 1 is 1.41 bits per heavy atom. The van der Waals surface area contributed by atoms with E-state index in [4.69, 9.17) is 0 Å². The van der Waals surface area contributed by atoms with E-state index in [-0.39, 0.29) is 11.9 Å². The van der Waals surface area contributed by atoms with Crippen molar-refractivity contribution in [2.45, 2.75) is 13.0 Å². The van der Waals surface area contributed by atoms with Crippen LogP contribution in [0.1, 0.15) is 18.5 Å². The van der Waals surface area contributed by atoms with E-state index in [1.165, 1.54) is 12.3 Å². The highest BCUT2D eigenvalue weighted by atomic mass is 79.9. The SMILES string of the molecule is CC(Nc1cccnc1Br)c1cncc(F)c1. The second kappa shape index (κ2) is 5.23. The van der Waals surface area contributed by atoms with E-state index in [0.29, 0.717) is 0 Å². The number of hydrogen-bond donors (Lipinski definition) is 1. The Kier molecular flexibility index (Phi) is 3.68. The van der Waals surface area contributed by atoms with Crippen LogP contribution in [0.3, 0.4) is 0 Å². The third-order valence-electron chi connectivity index (χ3n) is 2.36. The maximum atomic E-state index is 13.0. The van der Waals surface area contributed by atoms with Crippen molar-refractivity contribution in [3.05, 3.63) is 52.8 Å². The molecule has 3 nitrogen and oxygen atoms in total. The minimum atomic E-state index is -0.332. The molecule has 0 radical (unpaired) electrons. The van der Waals surface area contributed by atoms with Gasteiger partial charge in [-0.25, -0.2) is 9.37 Å². The molecule has 0 aromatic carbocycles. The van der Waals surface area contributed by atoms with Crippen LogP contribution >= 0.6 is 15.9 Å². The molecular formula is C12H11BrFN3. The van der Waals surface area contributed by atoms with E-state index in [1.807, 2.05) is 19.1 Å². The molecule has 0 aliphatic rings. The van der Waals surface area contributed by atoms with Gasteiger partial charge in [0.15, 0.2) is 0 Å². The summed E-state index contributed by atoms with van der Waals surface area (Å²) >= 11 is 3.35. The molecule has 2 aromatic rings. The van der Waals surface area contributed by atoms with Crippen molar-refractivity contribution in [1.82, 2.24) is 9.97 Å². The van der Waals surface area contributed by atoms with Gasteiger partial charge in [-0.1, -0.05) is 0 Å². The first kappa shape index (κ1) is 12.0. The van der Waals surface area contributed by atoms with E-state index in [0.717, 1.165) is 15.9 Å². The third-order valence-corrected chi connectivity index (χ3v) is 2.99. The highest BCUT2D eigenvalue weighted by Crippen LogP contribution is 2.24. The average molecular weight is 296 g/mol. The lowest BCUT2D eigenvalue weighted by atomic mass is 10.1. The molecule has 0 fully saturated rings. The van der Waals surface area contributed by atoms with Crippen molar-refractivity contribution in [2.75, 3.05) is 5.32 Å². The fourth-order valence-electron chi connectivity index (χ4n) is 1.48. The molecule has 0 aliphatic carbocycles. The second-order valence-corrected chi connectivity index (χ2v) is 4.40. The van der Waals surface area contributed by atoms with Gasteiger partial charge in [-0.2, -0.15) is 0 Å². The number of pyridine rings is 2. The molecule has 0 spiro atoms. The maximum absolute atomic E-state index is 13.0. The van der Waals surface area contributed by atoms with Crippen molar-refractivity contribution < 1.29 is 4.39 Å². The van der Waals surface area contributed by atoms with Gasteiger partial charge in [0.25, 0.3) is 0 Å². The Hall–Kier alpha value is -1.49. The summed E-state index contributed by atoms with van der Waals surface area (Å²) in [7, 11) is 0. The fourth-order valence-corrected chi connectivity index (χ4v) is 1.84. The van der Waals surface area contributed by atoms with Crippen LogP contribution in [0.5, 0.6) is 0 Å². The summed E-state index contributed by atoms with van der Waals surface area (Å²) in [5, 5.41) is 3.24. The van der Waals surface area contributed by atoms with E-state index in [2.05, 4.69) is 31.2 Å². The second-order valence-electron chi connectivity index (χ2n) is 3.64. The molecule has 0 bridgehead atoms. The summed E-state index contributed by atoms with van der Waals surface area (Å²) in [4.78, 5) is 7.93. The highest BCUT2D eigenvalue weighted by Gasteiger charge is 2.08. The van der Waals surface area contributed by atoms with E-state index >= 15 is 0 Å². The summed E-state index contributed by atoms with van der Waals surface area (Å²) in [5.74, 6) is -0.332. The quantitative estimate of drug-likeness (QED) is 0.880. The van der Waals surface area contributed by atoms with E-state index in [9.17, 15) is 4.39 Å². The number of nitrogens with zero attached hydrogens (tertiary/aromatic N) is 2. The molecule has 1 unspecified atom stereocenters. The third kappa shape index (κ3) is 3.00. The molecule has 17 heavy (non-hydrogen) atoms. The van der Waals surface area contributed by atoms with E-state index < -0.39 is 0 Å².